The van der Waals surface area contributed by atoms with Gasteiger partial charge in [0.1, 0.15) is 5.75 Å². The molecule has 1 N–H and O–H groups in total. The van der Waals surface area contributed by atoms with Gasteiger partial charge in [-0.2, -0.15) is 5.10 Å². The van der Waals surface area contributed by atoms with Crippen LogP contribution < -0.4 is 10.2 Å². The van der Waals surface area contributed by atoms with E-state index in [0.717, 1.165) is 0 Å². The Kier molecular flexibility index (Phi) is 5.53. The summed E-state index contributed by atoms with van der Waals surface area (Å²) >= 11 is 0. The van der Waals surface area contributed by atoms with Crippen LogP contribution in [0.3, 0.4) is 0 Å². The van der Waals surface area contributed by atoms with E-state index in [0.29, 0.717) is 17.0 Å². The summed E-state index contributed by atoms with van der Waals surface area (Å²) in [5.41, 5.74) is 3.29. The van der Waals surface area contributed by atoms with Crippen LogP contribution in [0.4, 0.5) is 0 Å². The van der Waals surface area contributed by atoms with Crippen molar-refractivity contribution in [3.05, 3.63) is 29.8 Å². The van der Waals surface area contributed by atoms with E-state index in [9.17, 15) is 9.59 Å². The monoisotopic (exact) mass is 264 g/mol. The molecule has 0 aliphatic heterocycles. The van der Waals surface area contributed by atoms with E-state index in [2.05, 4.69) is 15.3 Å². The predicted molar refractivity (Wildman–Crippen MR) is 70.2 cm³/mol. The lowest BCUT2D eigenvalue weighted by atomic mass is 10.2. The van der Waals surface area contributed by atoms with Crippen LogP contribution >= 0.6 is 0 Å². The van der Waals surface area contributed by atoms with Crippen molar-refractivity contribution in [1.29, 1.82) is 0 Å². The molecule has 0 heterocycles. The van der Waals surface area contributed by atoms with Gasteiger partial charge in [0.25, 0.3) is 5.91 Å². The topological polar surface area (TPSA) is 77.0 Å². The molecule has 1 amide bonds. The first kappa shape index (κ1) is 14.7. The van der Waals surface area contributed by atoms with Crippen molar-refractivity contribution in [2.45, 2.75) is 13.3 Å². The minimum absolute atomic E-state index is 0.0411. The molecule has 0 unspecified atom stereocenters. The van der Waals surface area contributed by atoms with Gasteiger partial charge in [-0.1, -0.05) is 0 Å². The number of hydrogen-bond acceptors (Lipinski definition) is 5. The Morgan fingerprint density at radius 2 is 1.84 bits per heavy atom. The maximum absolute atomic E-state index is 11.7. The smallest absolute Gasteiger partial charge is 0.311 e. The first-order valence-electron chi connectivity index (χ1n) is 5.61. The highest BCUT2D eigenvalue weighted by Gasteiger charge is 2.06. The molecule has 0 spiro atoms. The normalized spacial score (nSPS) is 10.8. The standard InChI is InChI=1S/C13H16N2O4/c1-9(8-12(16)19-3)14-15-13(17)10-4-6-11(18-2)7-5-10/h4-7H,8H2,1-3H3,(H,15,17)/b14-9-. The van der Waals surface area contributed by atoms with Crippen molar-refractivity contribution in [3.8, 4) is 5.75 Å². The fourth-order valence-electron chi connectivity index (χ4n) is 1.27. The molecule has 0 bridgehead atoms. The molecule has 0 radical (unpaired) electrons. The Balaban J connectivity index is 2.59. The van der Waals surface area contributed by atoms with Gasteiger partial charge in [0.2, 0.25) is 0 Å². The van der Waals surface area contributed by atoms with Gasteiger partial charge in [-0.3, -0.25) is 9.59 Å². The molecule has 6 nitrogen and oxygen atoms in total. The highest BCUT2D eigenvalue weighted by atomic mass is 16.5. The predicted octanol–water partition coefficient (Wildman–Crippen LogP) is 1.36. The molecule has 19 heavy (non-hydrogen) atoms. The van der Waals surface area contributed by atoms with Crippen LogP contribution in [0.2, 0.25) is 0 Å². The molecular formula is C13H16N2O4. The molecule has 1 rings (SSSR count). The highest BCUT2D eigenvalue weighted by Crippen LogP contribution is 2.10. The first-order chi connectivity index (χ1) is 9.06. The van der Waals surface area contributed by atoms with Gasteiger partial charge in [0, 0.05) is 11.3 Å². The molecule has 102 valence electrons. The van der Waals surface area contributed by atoms with Gasteiger partial charge in [-0.25, -0.2) is 5.43 Å². The van der Waals surface area contributed by atoms with Crippen LogP contribution in [0, 0.1) is 0 Å². The SMILES string of the molecule is COC(=O)C/C(C)=N\NC(=O)c1ccc(OC)cc1. The zero-order valence-corrected chi connectivity index (χ0v) is 11.1. The maximum Gasteiger partial charge on any atom is 0.311 e. The Morgan fingerprint density at radius 3 is 2.37 bits per heavy atom. The molecular weight excluding hydrogens is 248 g/mol. The van der Waals surface area contributed by atoms with Crippen LogP contribution in [0.25, 0.3) is 0 Å². The number of carbonyl (C=O) groups is 2. The largest absolute Gasteiger partial charge is 0.497 e. The van der Waals surface area contributed by atoms with Crippen molar-refractivity contribution in [3.63, 3.8) is 0 Å². The van der Waals surface area contributed by atoms with Gasteiger partial charge in [-0.05, 0) is 31.2 Å². The summed E-state index contributed by atoms with van der Waals surface area (Å²) in [6.07, 6.45) is 0.0411. The molecule has 0 aliphatic carbocycles. The minimum atomic E-state index is -0.403. The summed E-state index contributed by atoms with van der Waals surface area (Å²) < 4.78 is 9.48. The number of amides is 1. The molecule has 6 heteroatoms. The van der Waals surface area contributed by atoms with E-state index in [4.69, 9.17) is 4.74 Å². The summed E-state index contributed by atoms with van der Waals surface area (Å²) in [6, 6.07) is 6.61. The summed E-state index contributed by atoms with van der Waals surface area (Å²) in [6.45, 7) is 1.63. The first-order valence-corrected chi connectivity index (χ1v) is 5.61. The average Bonchev–Trinajstić information content (AvgIpc) is 2.44. The Morgan fingerprint density at radius 1 is 1.21 bits per heavy atom. The van der Waals surface area contributed by atoms with Crippen LogP contribution in [-0.2, 0) is 9.53 Å². The van der Waals surface area contributed by atoms with E-state index in [-0.39, 0.29) is 12.3 Å². The third-order valence-corrected chi connectivity index (χ3v) is 2.33. The van der Waals surface area contributed by atoms with Crippen molar-refractivity contribution in [2.75, 3.05) is 14.2 Å². The third-order valence-electron chi connectivity index (χ3n) is 2.33. The van der Waals surface area contributed by atoms with Crippen LogP contribution in [0.5, 0.6) is 5.75 Å². The second-order valence-electron chi connectivity index (χ2n) is 3.77. The van der Waals surface area contributed by atoms with Crippen molar-refractivity contribution >= 4 is 17.6 Å². The minimum Gasteiger partial charge on any atom is -0.497 e. The van der Waals surface area contributed by atoms with Gasteiger partial charge in [-0.15, -0.1) is 0 Å². The second kappa shape index (κ2) is 7.15. The Labute approximate surface area is 111 Å². The lowest BCUT2D eigenvalue weighted by Gasteiger charge is -2.03. The maximum atomic E-state index is 11.7. The molecule has 0 aromatic heterocycles. The van der Waals surface area contributed by atoms with E-state index in [1.807, 2.05) is 0 Å². The van der Waals surface area contributed by atoms with Crippen LogP contribution in [0.15, 0.2) is 29.4 Å². The van der Waals surface area contributed by atoms with Crippen molar-refractivity contribution < 1.29 is 19.1 Å². The molecule has 0 saturated carbocycles. The van der Waals surface area contributed by atoms with Gasteiger partial charge >= 0.3 is 5.97 Å². The average molecular weight is 264 g/mol. The number of rotatable bonds is 5. The zero-order chi connectivity index (χ0) is 14.3. The number of hydrogen-bond donors (Lipinski definition) is 1. The highest BCUT2D eigenvalue weighted by molar-refractivity contribution is 5.99. The number of ether oxygens (including phenoxy) is 2. The number of benzene rings is 1. The fraction of sp³-hybridized carbons (Fsp3) is 0.308. The van der Waals surface area contributed by atoms with Gasteiger partial charge < -0.3 is 9.47 Å². The van der Waals surface area contributed by atoms with E-state index < -0.39 is 5.97 Å². The lowest BCUT2D eigenvalue weighted by Crippen LogP contribution is -2.20. The van der Waals surface area contributed by atoms with Gasteiger partial charge in [0.05, 0.1) is 20.6 Å². The summed E-state index contributed by atoms with van der Waals surface area (Å²) in [5, 5.41) is 3.82. The molecule has 0 saturated heterocycles. The number of nitrogens with one attached hydrogen (secondary N) is 1. The lowest BCUT2D eigenvalue weighted by molar-refractivity contribution is -0.139. The number of esters is 1. The third kappa shape index (κ3) is 4.79. The molecule has 0 fully saturated rings. The Hall–Kier alpha value is -2.37. The summed E-state index contributed by atoms with van der Waals surface area (Å²) in [4.78, 5) is 22.7. The number of nitrogens with zero attached hydrogens (tertiary/aromatic N) is 1. The summed E-state index contributed by atoms with van der Waals surface area (Å²) in [5.74, 6) is -0.0891. The quantitative estimate of drug-likeness (QED) is 0.495. The Bertz CT molecular complexity index is 480. The molecule has 1 aromatic carbocycles. The molecule has 1 aromatic rings. The second-order valence-corrected chi connectivity index (χ2v) is 3.77. The van der Waals surface area contributed by atoms with E-state index in [1.165, 1.54) is 7.11 Å². The summed E-state index contributed by atoms with van der Waals surface area (Å²) in [7, 11) is 2.85. The molecule has 0 atom stereocenters. The fourth-order valence-corrected chi connectivity index (χ4v) is 1.27. The number of methoxy groups -OCH3 is 2. The van der Waals surface area contributed by atoms with E-state index >= 15 is 0 Å². The molecule has 0 aliphatic rings. The number of hydrazone groups is 1. The zero-order valence-electron chi connectivity index (χ0n) is 11.1. The van der Waals surface area contributed by atoms with Crippen LogP contribution in [-0.4, -0.2) is 31.8 Å². The van der Waals surface area contributed by atoms with Crippen molar-refractivity contribution in [1.82, 2.24) is 5.43 Å². The number of carbonyl (C=O) groups excluding carboxylic acids is 2. The van der Waals surface area contributed by atoms with E-state index in [1.54, 1.807) is 38.3 Å². The van der Waals surface area contributed by atoms with Gasteiger partial charge in [0.15, 0.2) is 0 Å². The van der Waals surface area contributed by atoms with Crippen molar-refractivity contribution in [2.24, 2.45) is 5.10 Å². The van der Waals surface area contributed by atoms with Crippen LogP contribution in [0.1, 0.15) is 23.7 Å².